The quantitative estimate of drug-likeness (QED) is 0.657. The highest BCUT2D eigenvalue weighted by atomic mass is 16.2. The van der Waals surface area contributed by atoms with Gasteiger partial charge in [0.2, 0.25) is 5.91 Å². The molecule has 0 radical (unpaired) electrons. The van der Waals surface area contributed by atoms with Crippen LogP contribution in [0.1, 0.15) is 78.9 Å². The minimum absolute atomic E-state index is 0.0732. The molecule has 3 amide bonds. The Morgan fingerprint density at radius 3 is 2.50 bits per heavy atom. The molecule has 0 saturated heterocycles. The van der Waals surface area contributed by atoms with Crippen LogP contribution < -0.4 is 10.6 Å². The Balaban J connectivity index is 1.44. The average molecular weight is 466 g/mol. The molecule has 1 saturated carbocycles. The van der Waals surface area contributed by atoms with Crippen LogP contribution in [0.25, 0.3) is 0 Å². The van der Waals surface area contributed by atoms with Gasteiger partial charge in [0.1, 0.15) is 11.7 Å². The maximum atomic E-state index is 13.2. The highest BCUT2D eigenvalue weighted by molar-refractivity contribution is 5.99. The fourth-order valence-corrected chi connectivity index (χ4v) is 4.79. The minimum atomic E-state index is -0.652. The second-order valence-electron chi connectivity index (χ2n) is 9.74. The van der Waals surface area contributed by atoms with Gasteiger partial charge in [-0.25, -0.2) is 0 Å². The van der Waals surface area contributed by atoms with Crippen molar-refractivity contribution in [3.8, 4) is 0 Å². The van der Waals surface area contributed by atoms with Gasteiger partial charge < -0.3 is 15.5 Å². The van der Waals surface area contributed by atoms with Crippen LogP contribution in [0.3, 0.4) is 0 Å². The van der Waals surface area contributed by atoms with Gasteiger partial charge in [-0.05, 0) is 30.7 Å². The summed E-state index contributed by atoms with van der Waals surface area (Å²) >= 11 is 0. The van der Waals surface area contributed by atoms with Crippen LogP contribution in [0.2, 0.25) is 0 Å². The molecule has 2 aliphatic rings. The van der Waals surface area contributed by atoms with Crippen molar-refractivity contribution >= 4 is 17.7 Å². The molecule has 1 aromatic carbocycles. The van der Waals surface area contributed by atoms with Crippen LogP contribution in [0, 0.1) is 5.92 Å². The van der Waals surface area contributed by atoms with Gasteiger partial charge in [0.25, 0.3) is 11.8 Å². The Labute approximate surface area is 201 Å². The summed E-state index contributed by atoms with van der Waals surface area (Å²) in [5, 5.41) is 10.4. The highest BCUT2D eigenvalue weighted by Gasteiger charge is 2.30. The molecule has 8 nitrogen and oxygen atoms in total. The summed E-state index contributed by atoms with van der Waals surface area (Å²) in [5.41, 5.74) is 1.64. The zero-order valence-electron chi connectivity index (χ0n) is 20.1. The zero-order chi connectivity index (χ0) is 24.1. The first-order chi connectivity index (χ1) is 16.4. The van der Waals surface area contributed by atoms with Crippen molar-refractivity contribution in [3.63, 3.8) is 0 Å². The number of benzene rings is 1. The molecule has 1 aliphatic carbocycles. The fraction of sp³-hybridized carbons (Fsp3) is 0.538. The van der Waals surface area contributed by atoms with Crippen LogP contribution in [0.5, 0.6) is 0 Å². The number of hydrogen-bond acceptors (Lipinski definition) is 4. The zero-order valence-corrected chi connectivity index (χ0v) is 20.1. The number of nitrogens with one attached hydrogen (secondary N) is 2. The van der Waals surface area contributed by atoms with E-state index in [9.17, 15) is 14.4 Å². The molecule has 2 heterocycles. The number of nitrogens with zero attached hydrogens (tertiary/aromatic N) is 3. The third kappa shape index (κ3) is 5.66. The van der Waals surface area contributed by atoms with Gasteiger partial charge in [0.15, 0.2) is 5.69 Å². The maximum Gasteiger partial charge on any atom is 0.272 e. The third-order valence-electron chi connectivity index (χ3n) is 6.72. The van der Waals surface area contributed by atoms with Gasteiger partial charge in [-0.15, -0.1) is 0 Å². The molecule has 1 aliphatic heterocycles. The van der Waals surface area contributed by atoms with E-state index in [0.717, 1.165) is 37.7 Å². The molecule has 1 atom stereocenters. The third-order valence-corrected chi connectivity index (χ3v) is 6.72. The number of amides is 3. The molecule has 2 aromatic rings. The molecule has 1 aromatic heterocycles. The predicted octanol–water partition coefficient (Wildman–Crippen LogP) is 3.13. The fourth-order valence-electron chi connectivity index (χ4n) is 4.79. The number of carbonyl (C=O) groups is 3. The minimum Gasteiger partial charge on any atom is -0.352 e. The van der Waals surface area contributed by atoms with Gasteiger partial charge in [0.05, 0.1) is 0 Å². The lowest BCUT2D eigenvalue weighted by Gasteiger charge is -2.27. The summed E-state index contributed by atoms with van der Waals surface area (Å²) in [6.45, 7) is 5.55. The van der Waals surface area contributed by atoms with Crippen molar-refractivity contribution in [3.05, 3.63) is 53.3 Å². The average Bonchev–Trinajstić information content (AvgIpc) is 3.21. The first-order valence-electron chi connectivity index (χ1n) is 12.4. The van der Waals surface area contributed by atoms with E-state index >= 15 is 0 Å². The van der Waals surface area contributed by atoms with Crippen LogP contribution in [0.15, 0.2) is 36.4 Å². The van der Waals surface area contributed by atoms with Gasteiger partial charge in [-0.1, -0.05) is 63.4 Å². The number of carbonyl (C=O) groups excluding carboxylic acids is 3. The molecule has 182 valence electrons. The first kappa shape index (κ1) is 24.0. The molecule has 34 heavy (non-hydrogen) atoms. The first-order valence-corrected chi connectivity index (χ1v) is 12.4. The Morgan fingerprint density at radius 2 is 1.79 bits per heavy atom. The Bertz CT molecular complexity index is 1010. The topological polar surface area (TPSA) is 96.3 Å². The van der Waals surface area contributed by atoms with Crippen LogP contribution in [-0.4, -0.2) is 51.0 Å². The lowest BCUT2D eigenvalue weighted by Crippen LogP contribution is -2.52. The van der Waals surface area contributed by atoms with Crippen LogP contribution >= 0.6 is 0 Å². The molecule has 1 fully saturated rings. The van der Waals surface area contributed by atoms with E-state index in [1.165, 1.54) is 6.42 Å². The Morgan fingerprint density at radius 1 is 1.06 bits per heavy atom. The van der Waals surface area contributed by atoms with Gasteiger partial charge >= 0.3 is 0 Å². The summed E-state index contributed by atoms with van der Waals surface area (Å²) in [6, 6.07) is 10.9. The summed E-state index contributed by atoms with van der Waals surface area (Å²) in [7, 11) is 0. The van der Waals surface area contributed by atoms with Crippen molar-refractivity contribution in [2.24, 2.45) is 5.92 Å². The molecular formula is C26H35N5O3. The second-order valence-corrected chi connectivity index (χ2v) is 9.74. The van der Waals surface area contributed by atoms with Gasteiger partial charge in [0, 0.05) is 31.7 Å². The van der Waals surface area contributed by atoms with Crippen molar-refractivity contribution in [2.45, 2.75) is 77.5 Å². The Hall–Kier alpha value is -3.16. The molecule has 0 bridgehead atoms. The molecule has 8 heteroatoms. The SMILES string of the molecule is CC(C)[C@H](NC(=O)c1cc2n(n1)CCCN(Cc1ccccc1)C2=O)C(=O)NC1CCCCC1. The predicted molar refractivity (Wildman–Crippen MR) is 129 cm³/mol. The maximum absolute atomic E-state index is 13.2. The number of aromatic nitrogens is 2. The Kier molecular flexibility index (Phi) is 7.65. The number of hydrogen-bond donors (Lipinski definition) is 2. The second kappa shape index (κ2) is 10.8. The monoisotopic (exact) mass is 465 g/mol. The normalized spacial score (nSPS) is 17.7. The van der Waals surface area contributed by atoms with E-state index in [4.69, 9.17) is 0 Å². The molecule has 4 rings (SSSR count). The lowest BCUT2D eigenvalue weighted by molar-refractivity contribution is -0.124. The summed E-state index contributed by atoms with van der Waals surface area (Å²) in [4.78, 5) is 41.0. The van der Waals surface area contributed by atoms with E-state index in [1.54, 1.807) is 15.6 Å². The van der Waals surface area contributed by atoms with Crippen molar-refractivity contribution < 1.29 is 14.4 Å². The van der Waals surface area contributed by atoms with Crippen LogP contribution in [-0.2, 0) is 17.9 Å². The van der Waals surface area contributed by atoms with E-state index in [0.29, 0.717) is 25.3 Å². The smallest absolute Gasteiger partial charge is 0.272 e. The molecule has 0 unspecified atom stereocenters. The number of aryl methyl sites for hydroxylation is 1. The lowest BCUT2D eigenvalue weighted by atomic mass is 9.94. The summed E-state index contributed by atoms with van der Waals surface area (Å²) in [6.07, 6.45) is 6.19. The largest absolute Gasteiger partial charge is 0.352 e. The van der Waals surface area contributed by atoms with E-state index in [1.807, 2.05) is 44.2 Å². The highest BCUT2D eigenvalue weighted by Crippen LogP contribution is 2.19. The van der Waals surface area contributed by atoms with Crippen molar-refractivity contribution in [1.82, 2.24) is 25.3 Å². The standard InChI is InChI=1S/C26H35N5O3/c1-18(2)23(25(33)27-20-12-7-4-8-13-20)28-24(32)21-16-22-26(34)30(14-9-15-31(22)29-21)17-19-10-5-3-6-11-19/h3,5-6,10-11,16,18,20,23H,4,7-9,12-15,17H2,1-2H3,(H,27,33)(H,28,32)/t23-/m0/s1. The molecule has 2 N–H and O–H groups in total. The molecular weight excluding hydrogens is 430 g/mol. The number of rotatable bonds is 7. The van der Waals surface area contributed by atoms with Gasteiger partial charge in [-0.2, -0.15) is 5.10 Å². The van der Waals surface area contributed by atoms with Crippen molar-refractivity contribution in [2.75, 3.05) is 6.54 Å². The summed E-state index contributed by atoms with van der Waals surface area (Å²) in [5.74, 6) is -0.791. The van der Waals surface area contributed by atoms with Gasteiger partial charge in [-0.3, -0.25) is 19.1 Å². The molecule has 0 spiro atoms. The van der Waals surface area contributed by atoms with Crippen LogP contribution in [0.4, 0.5) is 0 Å². The summed E-state index contributed by atoms with van der Waals surface area (Å²) < 4.78 is 1.62. The van der Waals surface area contributed by atoms with E-state index in [2.05, 4.69) is 15.7 Å². The van der Waals surface area contributed by atoms with E-state index in [-0.39, 0.29) is 29.5 Å². The van der Waals surface area contributed by atoms with E-state index < -0.39 is 11.9 Å². The van der Waals surface area contributed by atoms with Crippen molar-refractivity contribution in [1.29, 1.82) is 0 Å². The number of fused-ring (bicyclic) bond motifs is 1.